The van der Waals surface area contributed by atoms with E-state index in [4.69, 9.17) is 0 Å². The van der Waals surface area contributed by atoms with E-state index >= 15 is 0 Å². The number of carbonyl (C=O) groups is 1. The number of rotatable bonds is 2. The van der Waals surface area contributed by atoms with Crippen molar-refractivity contribution in [3.05, 3.63) is 23.8 Å². The lowest BCUT2D eigenvalue weighted by molar-refractivity contribution is -0.115. The molecule has 1 aliphatic heterocycles. The molecule has 2 aliphatic rings. The van der Waals surface area contributed by atoms with Crippen molar-refractivity contribution in [1.82, 2.24) is 0 Å². The lowest BCUT2D eigenvalue weighted by atomic mass is 10.1. The van der Waals surface area contributed by atoms with E-state index < -0.39 is 11.6 Å². The Kier molecular flexibility index (Phi) is 2.28. The summed E-state index contributed by atoms with van der Waals surface area (Å²) in [5.41, 5.74) is 0.553. The molecular weight excluding hydrogens is 226 g/mol. The average Bonchev–Trinajstić information content (AvgIpc) is 3.04. The van der Waals surface area contributed by atoms with Gasteiger partial charge in [-0.2, -0.15) is 0 Å². The molecule has 0 bridgehead atoms. The zero-order chi connectivity index (χ0) is 12.0. The molecule has 3 nitrogen and oxygen atoms in total. The van der Waals surface area contributed by atoms with Crippen LogP contribution < -0.4 is 10.2 Å². The standard InChI is InChI=1S/C12H12F2N2O/c13-8-3-9(14)12-10(4-8)16(5-7-1-2-7)6-11(17)15-12/h3-4,7H,1-2,5-6H2,(H,15,17). The topological polar surface area (TPSA) is 32.3 Å². The molecule has 1 aliphatic carbocycles. The van der Waals surface area contributed by atoms with Gasteiger partial charge in [0.1, 0.15) is 11.5 Å². The second kappa shape index (κ2) is 3.68. The van der Waals surface area contributed by atoms with E-state index in [1.165, 1.54) is 6.07 Å². The largest absolute Gasteiger partial charge is 0.360 e. The number of nitrogens with zero attached hydrogens (tertiary/aromatic N) is 1. The highest BCUT2D eigenvalue weighted by Crippen LogP contribution is 2.37. The van der Waals surface area contributed by atoms with Gasteiger partial charge in [0.15, 0.2) is 5.82 Å². The number of carbonyl (C=O) groups excluding carboxylic acids is 1. The molecule has 0 unspecified atom stereocenters. The number of halogens is 2. The Morgan fingerprint density at radius 2 is 2.12 bits per heavy atom. The Morgan fingerprint density at radius 1 is 1.35 bits per heavy atom. The molecule has 1 aromatic carbocycles. The molecule has 5 heteroatoms. The summed E-state index contributed by atoms with van der Waals surface area (Å²) < 4.78 is 26.8. The Morgan fingerprint density at radius 3 is 2.82 bits per heavy atom. The summed E-state index contributed by atoms with van der Waals surface area (Å²) >= 11 is 0. The molecule has 0 saturated heterocycles. The number of nitrogens with one attached hydrogen (secondary N) is 1. The van der Waals surface area contributed by atoms with Crippen molar-refractivity contribution in [3.8, 4) is 0 Å². The quantitative estimate of drug-likeness (QED) is 0.856. The molecule has 1 saturated carbocycles. The predicted octanol–water partition coefficient (Wildman–Crippen LogP) is 2.13. The summed E-state index contributed by atoms with van der Waals surface area (Å²) in [6, 6.07) is 2.07. The number of hydrogen-bond acceptors (Lipinski definition) is 2. The van der Waals surface area contributed by atoms with Gasteiger partial charge in [0, 0.05) is 12.6 Å². The van der Waals surface area contributed by atoms with Crippen molar-refractivity contribution in [2.24, 2.45) is 5.92 Å². The van der Waals surface area contributed by atoms with E-state index in [0.717, 1.165) is 18.9 Å². The first-order valence-corrected chi connectivity index (χ1v) is 5.67. The van der Waals surface area contributed by atoms with Crippen LogP contribution in [0, 0.1) is 17.6 Å². The molecule has 90 valence electrons. The first-order valence-electron chi connectivity index (χ1n) is 5.67. The molecule has 1 heterocycles. The maximum atomic E-state index is 13.6. The fourth-order valence-electron chi connectivity index (χ4n) is 2.15. The molecular formula is C12H12F2N2O. The molecule has 1 amide bonds. The summed E-state index contributed by atoms with van der Waals surface area (Å²) in [5.74, 6) is -1.02. The number of amides is 1. The minimum absolute atomic E-state index is 0.100. The summed E-state index contributed by atoms with van der Waals surface area (Å²) in [6.07, 6.45) is 2.26. The van der Waals surface area contributed by atoms with Crippen LogP contribution in [0.1, 0.15) is 12.8 Å². The van der Waals surface area contributed by atoms with E-state index in [2.05, 4.69) is 5.32 Å². The van der Waals surface area contributed by atoms with Gasteiger partial charge in [0.25, 0.3) is 0 Å². The normalized spacial score (nSPS) is 18.9. The maximum Gasteiger partial charge on any atom is 0.244 e. The molecule has 3 rings (SSSR count). The van der Waals surface area contributed by atoms with Gasteiger partial charge >= 0.3 is 0 Å². The van der Waals surface area contributed by atoms with Crippen molar-refractivity contribution in [1.29, 1.82) is 0 Å². The second-order valence-electron chi connectivity index (χ2n) is 4.65. The van der Waals surface area contributed by atoms with Crippen LogP contribution in [0.5, 0.6) is 0 Å². The molecule has 1 N–H and O–H groups in total. The van der Waals surface area contributed by atoms with E-state index in [1.807, 2.05) is 0 Å². The van der Waals surface area contributed by atoms with E-state index in [1.54, 1.807) is 4.90 Å². The van der Waals surface area contributed by atoms with Crippen LogP contribution in [0.15, 0.2) is 12.1 Å². The number of fused-ring (bicyclic) bond motifs is 1. The zero-order valence-corrected chi connectivity index (χ0v) is 9.17. The van der Waals surface area contributed by atoms with Crippen molar-refractivity contribution < 1.29 is 13.6 Å². The van der Waals surface area contributed by atoms with Crippen molar-refractivity contribution >= 4 is 17.3 Å². The van der Waals surface area contributed by atoms with Crippen LogP contribution in [-0.4, -0.2) is 19.0 Å². The molecule has 17 heavy (non-hydrogen) atoms. The third-order valence-corrected chi connectivity index (χ3v) is 3.15. The fraction of sp³-hybridized carbons (Fsp3) is 0.417. The second-order valence-corrected chi connectivity index (χ2v) is 4.65. The predicted molar refractivity (Wildman–Crippen MR) is 59.9 cm³/mol. The van der Waals surface area contributed by atoms with E-state index in [9.17, 15) is 13.6 Å². The lowest BCUT2D eigenvalue weighted by Gasteiger charge is -2.31. The first kappa shape index (κ1) is 10.5. The number of benzene rings is 1. The summed E-state index contributed by atoms with van der Waals surface area (Å²) in [5, 5.41) is 2.46. The zero-order valence-electron chi connectivity index (χ0n) is 9.17. The van der Waals surface area contributed by atoms with Crippen LogP contribution in [0.4, 0.5) is 20.2 Å². The third-order valence-electron chi connectivity index (χ3n) is 3.15. The minimum Gasteiger partial charge on any atom is -0.360 e. The van der Waals surface area contributed by atoms with Gasteiger partial charge in [-0.1, -0.05) is 0 Å². The fourth-order valence-corrected chi connectivity index (χ4v) is 2.15. The van der Waals surface area contributed by atoms with Crippen LogP contribution in [-0.2, 0) is 4.79 Å². The van der Waals surface area contributed by atoms with Gasteiger partial charge in [0.05, 0.1) is 12.2 Å². The highest BCUT2D eigenvalue weighted by molar-refractivity contribution is 6.01. The summed E-state index contributed by atoms with van der Waals surface area (Å²) in [6.45, 7) is 0.871. The minimum atomic E-state index is -0.714. The number of anilines is 2. The molecule has 1 fully saturated rings. The van der Waals surface area contributed by atoms with Crippen molar-refractivity contribution in [2.75, 3.05) is 23.3 Å². The van der Waals surface area contributed by atoms with Crippen LogP contribution >= 0.6 is 0 Å². The molecule has 0 aromatic heterocycles. The van der Waals surface area contributed by atoms with Gasteiger partial charge < -0.3 is 10.2 Å². The lowest BCUT2D eigenvalue weighted by Crippen LogP contribution is -2.39. The van der Waals surface area contributed by atoms with Crippen LogP contribution in [0.2, 0.25) is 0 Å². The van der Waals surface area contributed by atoms with Gasteiger partial charge in [-0.3, -0.25) is 4.79 Å². The Labute approximate surface area is 97.4 Å². The molecule has 0 radical (unpaired) electrons. The molecule has 1 aromatic rings. The third kappa shape index (κ3) is 1.97. The highest BCUT2D eigenvalue weighted by Gasteiger charge is 2.30. The van der Waals surface area contributed by atoms with Crippen LogP contribution in [0.25, 0.3) is 0 Å². The van der Waals surface area contributed by atoms with Gasteiger partial charge in [-0.05, 0) is 24.8 Å². The van der Waals surface area contributed by atoms with Gasteiger partial charge in [-0.25, -0.2) is 8.78 Å². The van der Waals surface area contributed by atoms with Gasteiger partial charge in [-0.15, -0.1) is 0 Å². The Hall–Kier alpha value is -1.65. The smallest absolute Gasteiger partial charge is 0.244 e. The Bertz CT molecular complexity index is 486. The van der Waals surface area contributed by atoms with E-state index in [0.29, 0.717) is 18.2 Å². The number of hydrogen-bond donors (Lipinski definition) is 1. The van der Waals surface area contributed by atoms with Crippen molar-refractivity contribution in [2.45, 2.75) is 12.8 Å². The van der Waals surface area contributed by atoms with E-state index in [-0.39, 0.29) is 18.1 Å². The van der Waals surface area contributed by atoms with Crippen LogP contribution in [0.3, 0.4) is 0 Å². The Balaban J connectivity index is 2.00. The molecule has 0 atom stereocenters. The van der Waals surface area contributed by atoms with Crippen molar-refractivity contribution in [3.63, 3.8) is 0 Å². The highest BCUT2D eigenvalue weighted by atomic mass is 19.1. The SMILES string of the molecule is O=C1CN(CC2CC2)c2cc(F)cc(F)c2N1. The summed E-state index contributed by atoms with van der Waals surface area (Å²) in [7, 11) is 0. The molecule has 0 spiro atoms. The first-order chi connectivity index (χ1) is 8.13. The van der Waals surface area contributed by atoms with Gasteiger partial charge in [0.2, 0.25) is 5.91 Å². The average molecular weight is 238 g/mol. The summed E-state index contributed by atoms with van der Waals surface area (Å²) in [4.78, 5) is 13.2. The monoisotopic (exact) mass is 238 g/mol. The maximum absolute atomic E-state index is 13.6.